The van der Waals surface area contributed by atoms with Gasteiger partial charge in [0.2, 0.25) is 11.8 Å². The SMILES string of the molecule is Cc1cccc(NC(=O)CN(CC2CCCO2)C(=O)C2CC=CCC2)c1C. The summed E-state index contributed by atoms with van der Waals surface area (Å²) < 4.78 is 5.72. The van der Waals surface area contributed by atoms with E-state index in [1.54, 1.807) is 4.90 Å². The van der Waals surface area contributed by atoms with Crippen molar-refractivity contribution in [2.45, 2.75) is 52.1 Å². The maximum Gasteiger partial charge on any atom is 0.244 e. The topological polar surface area (TPSA) is 58.6 Å². The first kappa shape index (κ1) is 19.6. The number of aryl methyl sites for hydroxylation is 1. The zero-order valence-corrected chi connectivity index (χ0v) is 16.4. The number of nitrogens with zero attached hydrogens (tertiary/aromatic N) is 1. The second-order valence-corrected chi connectivity index (χ2v) is 7.63. The molecule has 5 nitrogen and oxygen atoms in total. The van der Waals surface area contributed by atoms with Gasteiger partial charge in [-0.15, -0.1) is 0 Å². The molecule has 0 aromatic heterocycles. The predicted octanol–water partition coefficient (Wildman–Crippen LogP) is 3.61. The van der Waals surface area contributed by atoms with Crippen LogP contribution in [0.15, 0.2) is 30.4 Å². The normalized spacial score (nSPS) is 21.9. The lowest BCUT2D eigenvalue weighted by atomic mass is 9.93. The molecule has 0 spiro atoms. The van der Waals surface area contributed by atoms with Crippen LogP contribution in [0.3, 0.4) is 0 Å². The Labute approximate surface area is 161 Å². The molecule has 1 aromatic rings. The van der Waals surface area contributed by atoms with Crippen LogP contribution in [0.1, 0.15) is 43.2 Å². The number of hydrogen-bond acceptors (Lipinski definition) is 3. The summed E-state index contributed by atoms with van der Waals surface area (Å²) in [7, 11) is 0. The van der Waals surface area contributed by atoms with E-state index in [9.17, 15) is 9.59 Å². The number of rotatable bonds is 6. The van der Waals surface area contributed by atoms with Crippen LogP contribution in [0.4, 0.5) is 5.69 Å². The number of anilines is 1. The molecule has 1 heterocycles. The molecule has 3 rings (SSSR count). The molecule has 1 aliphatic heterocycles. The lowest BCUT2D eigenvalue weighted by Crippen LogP contribution is -2.45. The van der Waals surface area contributed by atoms with Crippen LogP contribution in [-0.4, -0.2) is 42.5 Å². The fourth-order valence-corrected chi connectivity index (χ4v) is 3.79. The van der Waals surface area contributed by atoms with Crippen molar-refractivity contribution in [3.8, 4) is 0 Å². The maximum atomic E-state index is 13.1. The monoisotopic (exact) mass is 370 g/mol. The molecule has 1 N–H and O–H groups in total. The Bertz CT molecular complexity index is 708. The van der Waals surface area contributed by atoms with Gasteiger partial charge in [0.15, 0.2) is 0 Å². The summed E-state index contributed by atoms with van der Waals surface area (Å²) in [5, 5.41) is 2.98. The van der Waals surface area contributed by atoms with Crippen molar-refractivity contribution in [2.75, 3.05) is 25.0 Å². The molecule has 5 heteroatoms. The molecule has 1 aliphatic carbocycles. The number of carbonyl (C=O) groups is 2. The molecular formula is C22H30N2O3. The molecule has 146 valence electrons. The van der Waals surface area contributed by atoms with Gasteiger partial charge in [0.25, 0.3) is 0 Å². The first-order valence-corrected chi connectivity index (χ1v) is 9.96. The molecule has 2 atom stereocenters. The highest BCUT2D eigenvalue weighted by atomic mass is 16.5. The summed E-state index contributed by atoms with van der Waals surface area (Å²) in [6, 6.07) is 5.86. The molecule has 1 saturated heterocycles. The third-order valence-electron chi connectivity index (χ3n) is 5.59. The van der Waals surface area contributed by atoms with E-state index in [1.807, 2.05) is 32.0 Å². The largest absolute Gasteiger partial charge is 0.376 e. The van der Waals surface area contributed by atoms with Crippen LogP contribution in [0.2, 0.25) is 0 Å². The van der Waals surface area contributed by atoms with Gasteiger partial charge in [-0.1, -0.05) is 24.3 Å². The molecule has 0 bridgehead atoms. The van der Waals surface area contributed by atoms with Gasteiger partial charge in [-0.05, 0) is 63.1 Å². The summed E-state index contributed by atoms with van der Waals surface area (Å²) in [4.78, 5) is 27.4. The summed E-state index contributed by atoms with van der Waals surface area (Å²) in [6.45, 7) is 5.34. The fraction of sp³-hybridized carbons (Fsp3) is 0.545. The van der Waals surface area contributed by atoms with Gasteiger partial charge >= 0.3 is 0 Å². The minimum atomic E-state index is -0.151. The molecule has 2 amide bonds. The summed E-state index contributed by atoms with van der Waals surface area (Å²) in [5.41, 5.74) is 3.00. The van der Waals surface area contributed by atoms with Crippen LogP contribution in [0.5, 0.6) is 0 Å². The van der Waals surface area contributed by atoms with Crippen molar-refractivity contribution < 1.29 is 14.3 Å². The second-order valence-electron chi connectivity index (χ2n) is 7.63. The Kier molecular flexibility index (Phi) is 6.67. The van der Waals surface area contributed by atoms with E-state index in [2.05, 4.69) is 17.5 Å². The lowest BCUT2D eigenvalue weighted by Gasteiger charge is -2.29. The van der Waals surface area contributed by atoms with Crippen LogP contribution >= 0.6 is 0 Å². The van der Waals surface area contributed by atoms with E-state index >= 15 is 0 Å². The Balaban J connectivity index is 1.67. The molecular weight excluding hydrogens is 340 g/mol. The first-order valence-electron chi connectivity index (χ1n) is 9.96. The van der Waals surface area contributed by atoms with Gasteiger partial charge in [0, 0.05) is 24.8 Å². The van der Waals surface area contributed by atoms with Gasteiger partial charge in [0.05, 0.1) is 12.6 Å². The highest BCUT2D eigenvalue weighted by Crippen LogP contribution is 2.23. The number of benzene rings is 1. The van der Waals surface area contributed by atoms with Crippen molar-refractivity contribution in [1.82, 2.24) is 4.90 Å². The average molecular weight is 370 g/mol. The molecule has 2 unspecified atom stereocenters. The van der Waals surface area contributed by atoms with Crippen LogP contribution in [0.25, 0.3) is 0 Å². The van der Waals surface area contributed by atoms with Crippen LogP contribution < -0.4 is 5.32 Å². The van der Waals surface area contributed by atoms with Crippen molar-refractivity contribution in [3.05, 3.63) is 41.5 Å². The predicted molar refractivity (Wildman–Crippen MR) is 107 cm³/mol. The van der Waals surface area contributed by atoms with Gasteiger partial charge in [-0.2, -0.15) is 0 Å². The zero-order valence-electron chi connectivity index (χ0n) is 16.4. The van der Waals surface area contributed by atoms with Gasteiger partial charge in [0.1, 0.15) is 0 Å². The van der Waals surface area contributed by atoms with E-state index in [0.717, 1.165) is 55.5 Å². The van der Waals surface area contributed by atoms with Crippen LogP contribution in [0, 0.1) is 19.8 Å². The summed E-state index contributed by atoms with van der Waals surface area (Å²) in [6.07, 6.45) is 8.77. The molecule has 1 fully saturated rings. The lowest BCUT2D eigenvalue weighted by molar-refractivity contribution is -0.140. The third-order valence-corrected chi connectivity index (χ3v) is 5.59. The minimum Gasteiger partial charge on any atom is -0.376 e. The molecule has 0 saturated carbocycles. The summed E-state index contributed by atoms with van der Waals surface area (Å²) >= 11 is 0. The number of hydrogen-bond donors (Lipinski definition) is 1. The standard InChI is InChI=1S/C22H30N2O3/c1-16-8-6-12-20(17(16)2)23-21(25)15-24(14-19-11-7-13-27-19)22(26)18-9-4-3-5-10-18/h3-4,6,8,12,18-19H,5,7,9-11,13-15H2,1-2H3,(H,23,25). The maximum absolute atomic E-state index is 13.1. The number of nitrogens with one attached hydrogen (secondary N) is 1. The number of ether oxygens (including phenoxy) is 1. The Morgan fingerprint density at radius 3 is 2.78 bits per heavy atom. The van der Waals surface area contributed by atoms with E-state index in [-0.39, 0.29) is 30.4 Å². The number of carbonyl (C=O) groups excluding carboxylic acids is 2. The zero-order chi connectivity index (χ0) is 19.2. The number of allylic oxidation sites excluding steroid dienone is 2. The minimum absolute atomic E-state index is 0.0232. The Morgan fingerprint density at radius 1 is 1.22 bits per heavy atom. The van der Waals surface area contributed by atoms with Crippen molar-refractivity contribution in [3.63, 3.8) is 0 Å². The van der Waals surface area contributed by atoms with E-state index < -0.39 is 0 Å². The smallest absolute Gasteiger partial charge is 0.244 e. The van der Waals surface area contributed by atoms with Crippen molar-refractivity contribution in [2.24, 2.45) is 5.92 Å². The fourth-order valence-electron chi connectivity index (χ4n) is 3.79. The van der Waals surface area contributed by atoms with E-state index in [0.29, 0.717) is 6.54 Å². The summed E-state index contributed by atoms with van der Waals surface area (Å²) in [5.74, 6) is -0.0997. The second kappa shape index (κ2) is 9.18. The first-order chi connectivity index (χ1) is 13.0. The Hall–Kier alpha value is -2.14. The molecule has 27 heavy (non-hydrogen) atoms. The number of amides is 2. The van der Waals surface area contributed by atoms with Gasteiger partial charge in [-0.25, -0.2) is 0 Å². The van der Waals surface area contributed by atoms with Gasteiger partial charge in [-0.3, -0.25) is 9.59 Å². The third kappa shape index (κ3) is 5.19. The molecule has 2 aliphatic rings. The van der Waals surface area contributed by atoms with E-state index in [4.69, 9.17) is 4.74 Å². The van der Waals surface area contributed by atoms with Crippen molar-refractivity contribution >= 4 is 17.5 Å². The molecule has 0 radical (unpaired) electrons. The quantitative estimate of drug-likeness (QED) is 0.778. The highest BCUT2D eigenvalue weighted by Gasteiger charge is 2.29. The van der Waals surface area contributed by atoms with Crippen LogP contribution in [-0.2, 0) is 14.3 Å². The highest BCUT2D eigenvalue weighted by molar-refractivity contribution is 5.95. The molecule has 1 aromatic carbocycles. The van der Waals surface area contributed by atoms with Crippen molar-refractivity contribution in [1.29, 1.82) is 0 Å². The Morgan fingerprint density at radius 2 is 2.07 bits per heavy atom. The van der Waals surface area contributed by atoms with E-state index in [1.165, 1.54) is 0 Å². The average Bonchev–Trinajstić information content (AvgIpc) is 3.18. The van der Waals surface area contributed by atoms with Gasteiger partial charge < -0.3 is 15.0 Å².